The van der Waals surface area contributed by atoms with E-state index in [1.165, 1.54) is 6.08 Å². The van der Waals surface area contributed by atoms with Crippen molar-refractivity contribution in [2.75, 3.05) is 0 Å². The third-order valence-corrected chi connectivity index (χ3v) is 1.76. The summed E-state index contributed by atoms with van der Waals surface area (Å²) in [5.41, 5.74) is 0.699. The van der Waals surface area contributed by atoms with Gasteiger partial charge in [0, 0.05) is 0 Å². The Kier molecular flexibility index (Phi) is 10.4. The summed E-state index contributed by atoms with van der Waals surface area (Å²) in [5.74, 6) is 0.669. The summed E-state index contributed by atoms with van der Waals surface area (Å²) < 4.78 is 10.2. The Morgan fingerprint density at radius 3 is 2.00 bits per heavy atom. The first-order chi connectivity index (χ1) is 5.58. The fraction of sp³-hybridized carbons (Fsp3) is 0. The summed E-state index contributed by atoms with van der Waals surface area (Å²) in [7, 11) is -4.51. The maximum absolute atomic E-state index is 10.2. The summed E-state index contributed by atoms with van der Waals surface area (Å²) in [4.78, 5) is 20.4. The molecule has 0 aliphatic heterocycles. The van der Waals surface area contributed by atoms with Crippen LogP contribution in [0.3, 0.4) is 0 Å². The van der Waals surface area contributed by atoms with E-state index < -0.39 is 7.60 Å². The fourth-order valence-electron chi connectivity index (χ4n) is 0.742. The van der Waals surface area contributed by atoms with E-state index in [2.05, 4.69) is 0 Å². The van der Waals surface area contributed by atoms with Crippen molar-refractivity contribution >= 4 is 13.7 Å². The van der Waals surface area contributed by atoms with Crippen LogP contribution in [0.5, 0.6) is 0 Å². The monoisotopic (exact) mass is 228 g/mol. The van der Waals surface area contributed by atoms with E-state index in [1.807, 2.05) is 6.07 Å². The summed E-state index contributed by atoms with van der Waals surface area (Å²) in [6, 6.07) is 8.77. The van der Waals surface area contributed by atoms with E-state index in [4.69, 9.17) is 0 Å². The molecule has 0 radical (unpaired) electrons. The third kappa shape index (κ3) is 8.42. The molecule has 1 aromatic rings. The average Bonchev–Trinajstić information content (AvgIpc) is 2.02. The molecule has 0 aromatic heterocycles. The van der Waals surface area contributed by atoms with Gasteiger partial charge in [-0.2, -0.15) is 0 Å². The van der Waals surface area contributed by atoms with Crippen LogP contribution in [0.1, 0.15) is 5.56 Å². The Morgan fingerprint density at radius 2 is 1.57 bits per heavy atom. The van der Waals surface area contributed by atoms with Crippen LogP contribution >= 0.6 is 7.60 Å². The topological polar surface area (TPSA) is 63.2 Å². The molecule has 0 saturated carbocycles. The molecule has 0 heterocycles. The molecule has 0 spiro atoms. The SMILES string of the molecule is O=P([O-])([O-])/C=C/c1ccccc1.[Na+].[Na+]. The average molecular weight is 228 g/mol. The molecule has 0 saturated heterocycles. The Morgan fingerprint density at radius 1 is 1.07 bits per heavy atom. The van der Waals surface area contributed by atoms with Gasteiger partial charge in [0.25, 0.3) is 0 Å². The smallest absolute Gasteiger partial charge is 0.808 e. The molecule has 0 bridgehead atoms. The van der Waals surface area contributed by atoms with Gasteiger partial charge < -0.3 is 14.4 Å². The van der Waals surface area contributed by atoms with Gasteiger partial charge in [0.15, 0.2) is 0 Å². The van der Waals surface area contributed by atoms with E-state index in [9.17, 15) is 14.4 Å². The van der Waals surface area contributed by atoms with Crippen molar-refractivity contribution in [3.05, 3.63) is 41.7 Å². The minimum Gasteiger partial charge on any atom is -0.808 e. The third-order valence-electron chi connectivity index (χ3n) is 1.25. The number of hydrogen-bond donors (Lipinski definition) is 0. The number of hydrogen-bond acceptors (Lipinski definition) is 3. The van der Waals surface area contributed by atoms with Crippen LogP contribution in [0.25, 0.3) is 6.08 Å². The Labute approximate surface area is 127 Å². The van der Waals surface area contributed by atoms with Crippen molar-refractivity contribution in [2.24, 2.45) is 0 Å². The molecule has 0 aliphatic rings. The van der Waals surface area contributed by atoms with Gasteiger partial charge in [-0.1, -0.05) is 42.2 Å². The second-order valence-corrected chi connectivity index (χ2v) is 3.64. The molecule has 14 heavy (non-hydrogen) atoms. The van der Waals surface area contributed by atoms with E-state index in [1.54, 1.807) is 24.3 Å². The van der Waals surface area contributed by atoms with Crippen molar-refractivity contribution < 1.29 is 73.5 Å². The van der Waals surface area contributed by atoms with Crippen molar-refractivity contribution in [3.8, 4) is 0 Å². The quantitative estimate of drug-likeness (QED) is 0.375. The zero-order valence-electron chi connectivity index (χ0n) is 8.21. The predicted molar refractivity (Wildman–Crippen MR) is 43.1 cm³/mol. The van der Waals surface area contributed by atoms with Gasteiger partial charge >= 0.3 is 59.1 Å². The number of benzene rings is 1. The predicted octanol–water partition coefficient (Wildman–Crippen LogP) is -5.42. The Bertz CT molecular complexity index is 321. The molecule has 0 aliphatic carbocycles. The minimum absolute atomic E-state index is 0. The van der Waals surface area contributed by atoms with Gasteiger partial charge in [0.2, 0.25) is 0 Å². The van der Waals surface area contributed by atoms with E-state index in [0.29, 0.717) is 11.4 Å². The molecular formula is C8H7Na2O3P. The Balaban J connectivity index is 0. The molecule has 6 heteroatoms. The van der Waals surface area contributed by atoms with Gasteiger partial charge in [0.05, 0.1) is 0 Å². The van der Waals surface area contributed by atoms with Crippen LogP contribution in [-0.2, 0) is 4.57 Å². The largest absolute Gasteiger partial charge is 1.00 e. The van der Waals surface area contributed by atoms with Crippen LogP contribution in [0.15, 0.2) is 36.1 Å². The molecule has 0 atom stereocenters. The summed E-state index contributed by atoms with van der Waals surface area (Å²) in [6.45, 7) is 0. The van der Waals surface area contributed by atoms with Crippen LogP contribution in [0.2, 0.25) is 0 Å². The normalized spacial score (nSPS) is 10.4. The summed E-state index contributed by atoms with van der Waals surface area (Å²) in [6.07, 6.45) is 1.28. The first-order valence-corrected chi connectivity index (χ1v) is 4.95. The fourth-order valence-corrected chi connectivity index (χ4v) is 1.10. The van der Waals surface area contributed by atoms with E-state index >= 15 is 0 Å². The molecule has 0 amide bonds. The molecule has 0 fully saturated rings. The van der Waals surface area contributed by atoms with Crippen molar-refractivity contribution in [1.29, 1.82) is 0 Å². The van der Waals surface area contributed by atoms with Crippen LogP contribution < -0.4 is 68.9 Å². The second kappa shape index (κ2) is 8.28. The molecule has 64 valence electrons. The molecule has 0 unspecified atom stereocenters. The number of rotatable bonds is 2. The van der Waals surface area contributed by atoms with Gasteiger partial charge in [0.1, 0.15) is 0 Å². The van der Waals surface area contributed by atoms with Crippen molar-refractivity contribution in [2.45, 2.75) is 0 Å². The second-order valence-electron chi connectivity index (χ2n) is 2.27. The first kappa shape index (κ1) is 17.5. The van der Waals surface area contributed by atoms with Gasteiger partial charge in [-0.25, -0.2) is 0 Å². The van der Waals surface area contributed by atoms with Gasteiger partial charge in [-0.3, -0.25) is 0 Å². The molecule has 3 nitrogen and oxygen atoms in total. The van der Waals surface area contributed by atoms with Crippen LogP contribution in [0.4, 0.5) is 0 Å². The van der Waals surface area contributed by atoms with Gasteiger partial charge in [-0.05, 0) is 13.2 Å². The molecule has 0 N–H and O–H groups in total. The summed E-state index contributed by atoms with van der Waals surface area (Å²) >= 11 is 0. The zero-order chi connectivity index (χ0) is 9.03. The molecule has 1 rings (SSSR count). The van der Waals surface area contributed by atoms with E-state index in [-0.39, 0.29) is 59.1 Å². The standard InChI is InChI=1S/C8H9O3P.2Na/c9-12(10,11)7-6-8-4-2-1-3-5-8;;/h1-7H,(H2,9,10,11);;/q;2*+1/p-2/b7-6+;;. The van der Waals surface area contributed by atoms with E-state index in [0.717, 1.165) is 0 Å². The van der Waals surface area contributed by atoms with Crippen molar-refractivity contribution in [1.82, 2.24) is 0 Å². The molecule has 1 aromatic carbocycles. The maximum atomic E-state index is 10.2. The maximum Gasteiger partial charge on any atom is 1.00 e. The zero-order valence-corrected chi connectivity index (χ0v) is 13.1. The van der Waals surface area contributed by atoms with Crippen LogP contribution in [0, 0.1) is 0 Å². The van der Waals surface area contributed by atoms with Gasteiger partial charge in [-0.15, -0.1) is 0 Å². The van der Waals surface area contributed by atoms with Crippen molar-refractivity contribution in [3.63, 3.8) is 0 Å². The molecular weight excluding hydrogens is 221 g/mol. The Hall–Kier alpha value is 1.11. The first-order valence-electron chi connectivity index (χ1n) is 3.34. The minimum atomic E-state index is -4.51. The summed E-state index contributed by atoms with van der Waals surface area (Å²) in [5, 5.41) is 0. The van der Waals surface area contributed by atoms with Crippen LogP contribution in [-0.4, -0.2) is 0 Å².